The molecule has 0 heterocycles. The summed E-state index contributed by atoms with van der Waals surface area (Å²) in [5, 5.41) is 0. The zero-order valence-electron chi connectivity index (χ0n) is 8.07. The Labute approximate surface area is 82.0 Å². The third kappa shape index (κ3) is 0.322. The third-order valence-electron chi connectivity index (χ3n) is 6.42. The van der Waals surface area contributed by atoms with Crippen LogP contribution in [-0.2, 0) is 9.59 Å². The zero-order chi connectivity index (χ0) is 9.40. The highest BCUT2D eigenvalue weighted by molar-refractivity contribution is 6.08. The molecule has 72 valence electrons. The Morgan fingerprint density at radius 2 is 2.00 bits per heavy atom. The molecule has 5 fully saturated rings. The summed E-state index contributed by atoms with van der Waals surface area (Å²) in [5.41, 5.74) is -0.182. The van der Waals surface area contributed by atoms with Crippen molar-refractivity contribution in [1.82, 2.24) is 0 Å². The summed E-state index contributed by atoms with van der Waals surface area (Å²) in [6, 6.07) is 0. The van der Waals surface area contributed by atoms with Crippen molar-refractivity contribution in [3.05, 3.63) is 0 Å². The molecule has 2 bridgehead atoms. The topological polar surface area (TPSA) is 34.1 Å². The van der Waals surface area contributed by atoms with Crippen LogP contribution in [0.4, 0.5) is 0 Å². The second-order valence-corrected chi connectivity index (χ2v) is 6.25. The molecule has 14 heavy (non-hydrogen) atoms. The van der Waals surface area contributed by atoms with E-state index in [1.807, 2.05) is 0 Å². The van der Waals surface area contributed by atoms with Gasteiger partial charge in [0.1, 0.15) is 11.6 Å². The Bertz CT molecular complexity index is 422. The fourth-order valence-corrected chi connectivity index (χ4v) is 6.36. The van der Waals surface area contributed by atoms with Gasteiger partial charge in [0.2, 0.25) is 0 Å². The lowest BCUT2D eigenvalue weighted by molar-refractivity contribution is -0.158. The molecular formula is C12H12O2. The fraction of sp³-hybridized carbons (Fsp3) is 0.833. The molecule has 2 nitrogen and oxygen atoms in total. The summed E-state index contributed by atoms with van der Waals surface area (Å²) in [6.07, 6.45) is 1.20. The highest BCUT2D eigenvalue weighted by Gasteiger charge is 2.88. The monoisotopic (exact) mass is 188 g/mol. The van der Waals surface area contributed by atoms with Crippen molar-refractivity contribution >= 4 is 11.6 Å². The number of fused-ring (bicyclic) bond motifs is 2. The van der Waals surface area contributed by atoms with Crippen molar-refractivity contribution in [3.8, 4) is 0 Å². The van der Waals surface area contributed by atoms with Crippen molar-refractivity contribution in [3.63, 3.8) is 0 Å². The summed E-state index contributed by atoms with van der Waals surface area (Å²) >= 11 is 0. The summed E-state index contributed by atoms with van der Waals surface area (Å²) in [5.74, 6) is 4.00. The Morgan fingerprint density at radius 3 is 2.79 bits per heavy atom. The van der Waals surface area contributed by atoms with Gasteiger partial charge < -0.3 is 0 Å². The van der Waals surface area contributed by atoms with E-state index in [0.717, 1.165) is 0 Å². The van der Waals surface area contributed by atoms with Crippen LogP contribution >= 0.6 is 0 Å². The molecular weight excluding hydrogens is 176 g/mol. The molecule has 2 heteroatoms. The molecule has 5 aliphatic rings. The van der Waals surface area contributed by atoms with E-state index in [1.165, 1.54) is 6.42 Å². The van der Waals surface area contributed by atoms with E-state index in [0.29, 0.717) is 35.2 Å². The molecule has 0 unspecified atom stereocenters. The normalized spacial score (nSPS) is 75.1. The van der Waals surface area contributed by atoms with Crippen LogP contribution in [0.5, 0.6) is 0 Å². The maximum atomic E-state index is 12.2. The second kappa shape index (κ2) is 1.43. The number of hydrogen-bond donors (Lipinski definition) is 0. The largest absolute Gasteiger partial charge is 0.299 e. The van der Waals surface area contributed by atoms with Crippen molar-refractivity contribution < 1.29 is 9.59 Å². The lowest BCUT2D eigenvalue weighted by atomic mass is 9.49. The standard InChI is InChI=1S/C12H12O2/c1-12-8-4-2-3-5(6(4)11(12)14)10(13)9(12)7(3)8/h3-9H,2H2,1H3/t3-,4-,5-,6-,7+,8+,9+,12+/m0/s1. The average Bonchev–Trinajstić information content (AvgIpc) is 2.67. The van der Waals surface area contributed by atoms with Crippen molar-refractivity contribution in [1.29, 1.82) is 0 Å². The maximum absolute atomic E-state index is 12.2. The number of ketones is 2. The molecule has 0 aliphatic heterocycles. The van der Waals surface area contributed by atoms with Gasteiger partial charge in [-0.15, -0.1) is 0 Å². The van der Waals surface area contributed by atoms with Gasteiger partial charge in [-0.3, -0.25) is 9.59 Å². The number of rotatable bonds is 0. The highest BCUT2D eigenvalue weighted by Crippen LogP contribution is 2.84. The molecule has 5 rings (SSSR count). The van der Waals surface area contributed by atoms with Crippen LogP contribution in [0.2, 0.25) is 0 Å². The number of carbonyl (C=O) groups is 2. The van der Waals surface area contributed by atoms with Crippen LogP contribution < -0.4 is 0 Å². The smallest absolute Gasteiger partial charge is 0.143 e. The predicted octanol–water partition coefficient (Wildman–Crippen LogP) is 0.902. The highest BCUT2D eigenvalue weighted by atomic mass is 16.1. The minimum absolute atomic E-state index is 0.166. The van der Waals surface area contributed by atoms with Gasteiger partial charge in [-0.05, 0) is 30.1 Å². The third-order valence-corrected chi connectivity index (χ3v) is 6.42. The summed E-state index contributed by atoms with van der Waals surface area (Å²) in [7, 11) is 0. The second-order valence-electron chi connectivity index (χ2n) is 6.25. The van der Waals surface area contributed by atoms with E-state index in [4.69, 9.17) is 0 Å². The Morgan fingerprint density at radius 1 is 1.21 bits per heavy atom. The predicted molar refractivity (Wildman–Crippen MR) is 47.2 cm³/mol. The minimum atomic E-state index is -0.182. The van der Waals surface area contributed by atoms with Gasteiger partial charge in [0, 0.05) is 23.2 Å². The van der Waals surface area contributed by atoms with Gasteiger partial charge in [0.25, 0.3) is 0 Å². The quantitative estimate of drug-likeness (QED) is 0.566. The molecule has 0 spiro atoms. The van der Waals surface area contributed by atoms with Gasteiger partial charge in [0.15, 0.2) is 0 Å². The average molecular weight is 188 g/mol. The number of carbonyl (C=O) groups excluding carboxylic acids is 2. The molecule has 0 saturated heterocycles. The van der Waals surface area contributed by atoms with Gasteiger partial charge in [-0.25, -0.2) is 0 Å². The summed E-state index contributed by atoms with van der Waals surface area (Å²) in [4.78, 5) is 24.3. The van der Waals surface area contributed by atoms with E-state index in [2.05, 4.69) is 6.92 Å². The molecule has 0 radical (unpaired) electrons. The van der Waals surface area contributed by atoms with E-state index < -0.39 is 0 Å². The van der Waals surface area contributed by atoms with Crippen LogP contribution in [-0.4, -0.2) is 11.6 Å². The van der Waals surface area contributed by atoms with Crippen LogP contribution in [0.25, 0.3) is 0 Å². The Balaban J connectivity index is 1.93. The van der Waals surface area contributed by atoms with E-state index >= 15 is 0 Å². The molecule has 0 aromatic carbocycles. The van der Waals surface area contributed by atoms with Crippen LogP contribution in [0, 0.1) is 46.8 Å². The van der Waals surface area contributed by atoms with Crippen molar-refractivity contribution in [2.75, 3.05) is 0 Å². The molecule has 8 atom stereocenters. The lowest BCUT2D eigenvalue weighted by Crippen LogP contribution is -2.57. The zero-order valence-corrected chi connectivity index (χ0v) is 8.07. The number of hydrogen-bond acceptors (Lipinski definition) is 2. The Kier molecular flexibility index (Phi) is 0.689. The van der Waals surface area contributed by atoms with Crippen LogP contribution in [0.3, 0.4) is 0 Å². The molecule has 0 aromatic rings. The van der Waals surface area contributed by atoms with E-state index in [-0.39, 0.29) is 23.2 Å². The van der Waals surface area contributed by atoms with Gasteiger partial charge in [-0.2, -0.15) is 0 Å². The SMILES string of the molecule is C[C@]12C(=O)[C@H]3[C@@H]4C[C@H]5[C@@H]3C(=O)[C@H]1[C@H]5[C@@H]42. The lowest BCUT2D eigenvalue weighted by Gasteiger charge is -2.51. The van der Waals surface area contributed by atoms with Gasteiger partial charge >= 0.3 is 0 Å². The van der Waals surface area contributed by atoms with E-state index in [1.54, 1.807) is 0 Å². The van der Waals surface area contributed by atoms with Gasteiger partial charge in [-0.1, -0.05) is 6.92 Å². The molecule has 0 amide bonds. The minimum Gasteiger partial charge on any atom is -0.299 e. The van der Waals surface area contributed by atoms with Crippen LogP contribution in [0.15, 0.2) is 0 Å². The van der Waals surface area contributed by atoms with Crippen molar-refractivity contribution in [2.24, 2.45) is 46.8 Å². The first-order valence-electron chi connectivity index (χ1n) is 5.75. The van der Waals surface area contributed by atoms with Crippen molar-refractivity contribution in [2.45, 2.75) is 13.3 Å². The first-order chi connectivity index (χ1) is 6.67. The molecule has 5 saturated carbocycles. The molecule has 0 N–H and O–H groups in total. The Hall–Kier alpha value is -0.660. The summed E-state index contributed by atoms with van der Waals surface area (Å²) in [6.45, 7) is 2.08. The molecule has 0 aromatic heterocycles. The fourth-order valence-electron chi connectivity index (χ4n) is 6.36. The first kappa shape index (κ1) is 6.76. The number of Topliss-reactive ketones (excluding diaryl/α,β-unsaturated/α-hetero) is 2. The maximum Gasteiger partial charge on any atom is 0.143 e. The summed E-state index contributed by atoms with van der Waals surface area (Å²) < 4.78 is 0. The van der Waals surface area contributed by atoms with E-state index in [9.17, 15) is 9.59 Å². The van der Waals surface area contributed by atoms with Crippen LogP contribution in [0.1, 0.15) is 13.3 Å². The molecule has 5 aliphatic carbocycles. The first-order valence-corrected chi connectivity index (χ1v) is 5.75. The van der Waals surface area contributed by atoms with Gasteiger partial charge in [0.05, 0.1) is 0 Å².